The van der Waals surface area contributed by atoms with E-state index in [1.54, 1.807) is 0 Å². The topological polar surface area (TPSA) is 441 Å². The standard InChI is InChI=1S/C51H54O27/c52-17-34-39(62)42(65)45(68)49(75-34)73-32-15-23(53)14-31-24(32)16-33(47(72-31)22-5-8-27(56)30(59)13-22)74-51-48(44(67)41(64)36(77-51)19-71-38(61)10-4-21-2-7-26(55)29(58)12-21)78-50-46(69)43(66)40(63)35(76-50)18-70-37(60)9-3-20-1-6-25(54)28(57)11-20/h1-16,34-36,39-59,62-69H,17-19H2. The van der Waals surface area contributed by atoms with E-state index < -0.39 is 170 Å². The monoisotopic (exact) mass is 1100 g/mol. The molecule has 4 aliphatic rings. The van der Waals surface area contributed by atoms with Crippen molar-refractivity contribution in [3.05, 3.63) is 107 Å². The van der Waals surface area contributed by atoms with Gasteiger partial charge in [-0.2, -0.15) is 0 Å². The van der Waals surface area contributed by atoms with E-state index in [-0.39, 0.29) is 39.5 Å². The Morgan fingerprint density at radius 1 is 0.513 bits per heavy atom. The Balaban J connectivity index is 1.11. The molecule has 0 aliphatic carbocycles. The van der Waals surface area contributed by atoms with Crippen LogP contribution in [0.1, 0.15) is 28.4 Å². The van der Waals surface area contributed by atoms with E-state index in [4.69, 9.17) is 42.6 Å². The molecule has 420 valence electrons. The quantitative estimate of drug-likeness (QED) is 0.0343. The minimum Gasteiger partial charge on any atom is -0.508 e. The third-order valence-electron chi connectivity index (χ3n) is 12.7. The van der Waals surface area contributed by atoms with Crippen molar-refractivity contribution in [2.75, 3.05) is 19.8 Å². The van der Waals surface area contributed by atoms with Crippen LogP contribution in [0.3, 0.4) is 0 Å². The van der Waals surface area contributed by atoms with Crippen molar-refractivity contribution in [3.8, 4) is 51.7 Å². The number of hydrogen-bond donors (Lipinski definition) is 16. The van der Waals surface area contributed by atoms with Crippen LogP contribution in [0.4, 0.5) is 0 Å². The lowest BCUT2D eigenvalue weighted by Gasteiger charge is -2.46. The van der Waals surface area contributed by atoms with Gasteiger partial charge in [-0.25, -0.2) is 9.59 Å². The summed E-state index contributed by atoms with van der Waals surface area (Å²) in [5, 5.41) is 169. The summed E-state index contributed by atoms with van der Waals surface area (Å²) in [6.45, 7) is -2.46. The highest BCUT2D eigenvalue weighted by atomic mass is 16.8. The number of carbonyl (C=O) groups is 2. The summed E-state index contributed by atoms with van der Waals surface area (Å²) >= 11 is 0. The van der Waals surface area contributed by atoms with Gasteiger partial charge in [0.1, 0.15) is 103 Å². The largest absolute Gasteiger partial charge is 0.508 e. The summed E-state index contributed by atoms with van der Waals surface area (Å²) in [6, 6.07) is 12.9. The van der Waals surface area contributed by atoms with Crippen LogP contribution in [0.5, 0.6) is 51.7 Å². The van der Waals surface area contributed by atoms with E-state index in [0.717, 1.165) is 54.6 Å². The minimum atomic E-state index is -2.18. The first-order valence-corrected chi connectivity index (χ1v) is 23.6. The van der Waals surface area contributed by atoms with Crippen LogP contribution >= 0.6 is 0 Å². The summed E-state index contributed by atoms with van der Waals surface area (Å²) in [6.07, 6.45) is -25.0. The molecule has 78 heavy (non-hydrogen) atoms. The van der Waals surface area contributed by atoms with E-state index in [0.29, 0.717) is 0 Å². The van der Waals surface area contributed by atoms with Crippen LogP contribution < -0.4 is 9.47 Å². The molecule has 3 saturated heterocycles. The second kappa shape index (κ2) is 24.0. The molecule has 27 heteroatoms. The molecule has 16 unspecified atom stereocenters. The molecular formula is C51H54O27. The van der Waals surface area contributed by atoms with Crippen molar-refractivity contribution < 1.29 is 134 Å². The molecule has 16 atom stereocenters. The zero-order valence-electron chi connectivity index (χ0n) is 40.2. The van der Waals surface area contributed by atoms with Gasteiger partial charge in [0, 0.05) is 29.8 Å². The number of rotatable bonds is 16. The van der Waals surface area contributed by atoms with Crippen LogP contribution in [0, 0.1) is 0 Å². The van der Waals surface area contributed by atoms with Gasteiger partial charge in [0.05, 0.1) is 12.2 Å². The van der Waals surface area contributed by atoms with E-state index in [9.17, 15) is 91.3 Å². The molecule has 0 aromatic heterocycles. The molecule has 8 rings (SSSR count). The number of benzene rings is 4. The van der Waals surface area contributed by atoms with E-state index in [2.05, 4.69) is 0 Å². The number of esters is 2. The predicted molar refractivity (Wildman–Crippen MR) is 256 cm³/mol. The first-order chi connectivity index (χ1) is 37.1. The molecule has 0 saturated carbocycles. The van der Waals surface area contributed by atoms with Crippen molar-refractivity contribution in [3.63, 3.8) is 0 Å². The maximum atomic E-state index is 13.0. The Hall–Kier alpha value is -7.48. The van der Waals surface area contributed by atoms with Crippen molar-refractivity contribution >= 4 is 30.2 Å². The van der Waals surface area contributed by atoms with E-state index in [1.165, 1.54) is 42.5 Å². The van der Waals surface area contributed by atoms with Gasteiger partial charge in [-0.05, 0) is 65.8 Å². The van der Waals surface area contributed by atoms with E-state index in [1.807, 2.05) is 0 Å². The van der Waals surface area contributed by atoms with Gasteiger partial charge in [-0.1, -0.05) is 18.2 Å². The molecule has 4 aliphatic heterocycles. The number of ether oxygens (including phenoxy) is 9. The van der Waals surface area contributed by atoms with Gasteiger partial charge in [0.15, 0.2) is 53.0 Å². The maximum Gasteiger partial charge on any atom is 0.330 e. The number of phenols is 7. The third-order valence-corrected chi connectivity index (χ3v) is 12.7. The number of aliphatic hydroxyl groups is 9. The van der Waals surface area contributed by atoms with Crippen LogP contribution in [-0.2, 0) is 42.7 Å². The summed E-state index contributed by atoms with van der Waals surface area (Å²) in [4.78, 5) is 25.7. The molecule has 4 aromatic rings. The number of phenolic OH excluding ortho intramolecular Hbond substituents is 7. The fourth-order valence-electron chi connectivity index (χ4n) is 8.43. The van der Waals surface area contributed by atoms with Crippen LogP contribution in [-0.4, -0.2) is 206 Å². The molecule has 0 spiro atoms. The van der Waals surface area contributed by atoms with Gasteiger partial charge in [-0.3, -0.25) is 0 Å². The smallest absolute Gasteiger partial charge is 0.330 e. The fourth-order valence-corrected chi connectivity index (χ4v) is 8.43. The molecule has 0 bridgehead atoms. The van der Waals surface area contributed by atoms with E-state index >= 15 is 0 Å². The molecule has 4 aromatic carbocycles. The lowest BCUT2D eigenvalue weighted by molar-refractivity contribution is -0.364. The van der Waals surface area contributed by atoms with Crippen molar-refractivity contribution in [1.29, 1.82) is 0 Å². The third kappa shape index (κ3) is 12.6. The average Bonchev–Trinajstić information content (AvgIpc) is 3.45. The number of fused-ring (bicyclic) bond motifs is 1. The predicted octanol–water partition coefficient (Wildman–Crippen LogP) is -1.55. The van der Waals surface area contributed by atoms with Gasteiger partial charge in [-0.15, -0.1) is 0 Å². The summed E-state index contributed by atoms with van der Waals surface area (Å²) in [7, 11) is 0. The summed E-state index contributed by atoms with van der Waals surface area (Å²) in [5.74, 6) is -6.54. The van der Waals surface area contributed by atoms with Crippen LogP contribution in [0.25, 0.3) is 18.2 Å². The lowest BCUT2D eigenvalue weighted by Crippen LogP contribution is -2.64. The Bertz CT molecular complexity index is 2890. The highest BCUT2D eigenvalue weighted by molar-refractivity contribution is 5.87. The summed E-state index contributed by atoms with van der Waals surface area (Å²) in [5.41, 5.74) is 0.427. The van der Waals surface area contributed by atoms with Crippen molar-refractivity contribution in [1.82, 2.24) is 0 Å². The van der Waals surface area contributed by atoms with Gasteiger partial charge in [0.2, 0.25) is 12.6 Å². The lowest BCUT2D eigenvalue weighted by atomic mass is 9.97. The Morgan fingerprint density at radius 3 is 1.56 bits per heavy atom. The minimum absolute atomic E-state index is 0.0200. The first kappa shape index (κ1) is 56.7. The molecular weight excluding hydrogens is 1040 g/mol. The molecule has 27 nitrogen and oxygen atoms in total. The Labute approximate surface area is 439 Å². The zero-order valence-corrected chi connectivity index (χ0v) is 40.2. The molecule has 3 fully saturated rings. The highest BCUT2D eigenvalue weighted by Crippen LogP contribution is 2.47. The SMILES string of the molecule is O=C(C=Cc1ccc(O)c(O)c1)OCC1OC(OC2C(OC3=Cc4c(cc(O)cc4OC4OC(CO)C(O)C(O)C4O)OC3c3ccc(O)c(O)c3)OC(COC(=O)C=Cc3ccc(O)c(O)c3)C(O)C2O)C(O)C(O)C1O. The van der Waals surface area contributed by atoms with Crippen molar-refractivity contribution in [2.45, 2.75) is 98.2 Å². The van der Waals surface area contributed by atoms with Gasteiger partial charge >= 0.3 is 11.9 Å². The number of aliphatic hydroxyl groups excluding tert-OH is 9. The molecule has 0 amide bonds. The normalized spacial score (nSPS) is 31.0. The first-order valence-electron chi connectivity index (χ1n) is 23.6. The molecule has 16 N–H and O–H groups in total. The second-order valence-electron chi connectivity index (χ2n) is 18.1. The summed E-state index contributed by atoms with van der Waals surface area (Å²) < 4.78 is 52.5. The Morgan fingerprint density at radius 2 is 1.01 bits per heavy atom. The molecule has 4 heterocycles. The Kier molecular flexibility index (Phi) is 17.5. The van der Waals surface area contributed by atoms with Crippen molar-refractivity contribution in [2.24, 2.45) is 0 Å². The maximum absolute atomic E-state index is 13.0. The highest BCUT2D eigenvalue weighted by Gasteiger charge is 2.53. The second-order valence-corrected chi connectivity index (χ2v) is 18.1. The van der Waals surface area contributed by atoms with Gasteiger partial charge in [0.25, 0.3) is 0 Å². The molecule has 0 radical (unpaired) electrons. The zero-order chi connectivity index (χ0) is 56.3. The average molecular weight is 1100 g/mol. The number of aromatic hydroxyl groups is 7. The van der Waals surface area contributed by atoms with Gasteiger partial charge < -0.3 is 124 Å². The fraction of sp³-hybridized carbons (Fsp3) is 0.373. The number of carbonyl (C=O) groups excluding carboxylic acids is 2. The van der Waals surface area contributed by atoms with Crippen LogP contribution in [0.2, 0.25) is 0 Å². The van der Waals surface area contributed by atoms with Crippen LogP contribution in [0.15, 0.2) is 84.6 Å². The number of hydrogen-bond acceptors (Lipinski definition) is 27.